The Morgan fingerprint density at radius 1 is 0.750 bits per heavy atom. The van der Waals surface area contributed by atoms with Gasteiger partial charge in [-0.2, -0.15) is 0 Å². The molecular weight excluding hydrogens is 812 g/mol. The second kappa shape index (κ2) is 15.9. The number of phosphoric acid groups is 1. The Kier molecular flexibility index (Phi) is 11.3. The molecule has 0 amide bonds. The number of fused-ring (bicyclic) bond motifs is 4. The van der Waals surface area contributed by atoms with Crippen molar-refractivity contribution in [3.8, 4) is 5.75 Å². The number of nitrogens with zero attached hydrogens (tertiary/aromatic N) is 2. The summed E-state index contributed by atoms with van der Waals surface area (Å²) in [6.45, 7) is -6.75. The third-order valence-electron chi connectivity index (χ3n) is 8.82. The Morgan fingerprint density at radius 2 is 1.23 bits per heavy atom. The van der Waals surface area contributed by atoms with Crippen molar-refractivity contribution in [1.29, 1.82) is 0 Å². The van der Waals surface area contributed by atoms with Crippen molar-refractivity contribution in [2.24, 2.45) is 0 Å². The highest BCUT2D eigenvalue weighted by Gasteiger charge is 2.55. The van der Waals surface area contributed by atoms with Gasteiger partial charge in [-0.05, 0) is 41.2 Å². The van der Waals surface area contributed by atoms with Crippen molar-refractivity contribution in [2.75, 3.05) is 13.2 Å². The molecule has 4 N–H and O–H groups in total. The number of aromatic nitrogens is 4. The molecule has 10 atom stereocenters. The number of phenols is 1. The van der Waals surface area contributed by atoms with Crippen LogP contribution in [0.25, 0.3) is 0 Å². The molecule has 3 saturated heterocycles. The molecule has 0 radical (unpaired) electrons. The lowest BCUT2D eigenvalue weighted by Gasteiger charge is -2.27. The summed E-state index contributed by atoms with van der Waals surface area (Å²) in [7, 11) is -5.34. The van der Waals surface area contributed by atoms with E-state index in [0.717, 1.165) is 29.1 Å². The van der Waals surface area contributed by atoms with E-state index < -0.39 is 99.5 Å². The maximum atomic E-state index is 16.3. The zero-order valence-electron chi connectivity index (χ0n) is 28.3. The van der Waals surface area contributed by atoms with Gasteiger partial charge in [0.25, 0.3) is 11.1 Å². The molecule has 0 aliphatic carbocycles. The number of alkyl halides is 2. The number of carbonyl (C=O) groups is 1. The first-order valence-electron chi connectivity index (χ1n) is 16.5. The number of nitrogens with one attached hydrogen (secondary N) is 2. The number of aromatic amines is 2. The quantitative estimate of drug-likeness (QED) is 0.154. The lowest BCUT2D eigenvalue weighted by atomic mass is 10.0. The van der Waals surface area contributed by atoms with Crippen LogP contribution < -0.4 is 22.5 Å². The topological polar surface area (TPSA) is 257 Å². The molecule has 3 fully saturated rings. The van der Waals surface area contributed by atoms with E-state index >= 15 is 8.78 Å². The number of phenolic OH excluding ortho intramolecular Hbond substituents is 1. The molecule has 24 heteroatoms. The van der Waals surface area contributed by atoms with Crippen LogP contribution in [0, 0.1) is 0 Å². The summed E-state index contributed by atoms with van der Waals surface area (Å²) in [5.41, 5.74) is -2.78. The number of ether oxygens (including phenoxy) is 2. The van der Waals surface area contributed by atoms with E-state index in [1.807, 2.05) is 9.97 Å². The minimum Gasteiger partial charge on any atom is -0.508 e. The second-order valence-corrected chi connectivity index (χ2v) is 18.0. The molecule has 4 aromatic rings. The van der Waals surface area contributed by atoms with Gasteiger partial charge in [-0.1, -0.05) is 24.3 Å². The fourth-order valence-electron chi connectivity index (χ4n) is 6.04. The molecule has 56 heavy (non-hydrogen) atoms. The third-order valence-corrected chi connectivity index (χ3v) is 13.5. The van der Waals surface area contributed by atoms with E-state index in [2.05, 4.69) is 0 Å². The number of rotatable bonds is 7. The highest BCUT2D eigenvalue weighted by atomic mass is 32.7. The van der Waals surface area contributed by atoms with Crippen molar-refractivity contribution in [3.63, 3.8) is 0 Å². The van der Waals surface area contributed by atoms with Crippen LogP contribution in [0.2, 0.25) is 0 Å². The van der Waals surface area contributed by atoms with Gasteiger partial charge < -0.3 is 19.5 Å². The van der Waals surface area contributed by atoms with Gasteiger partial charge in [0.2, 0.25) is 0 Å². The highest BCUT2D eigenvalue weighted by molar-refractivity contribution is 8.54. The number of hydrogen-bond donors (Lipinski definition) is 4. The smallest absolute Gasteiger partial charge is 0.472 e. The van der Waals surface area contributed by atoms with Gasteiger partial charge in [-0.3, -0.25) is 51.6 Å². The van der Waals surface area contributed by atoms with Crippen molar-refractivity contribution < 1.29 is 60.3 Å². The van der Waals surface area contributed by atoms with Crippen LogP contribution in [-0.4, -0.2) is 84.9 Å². The van der Waals surface area contributed by atoms with Crippen LogP contribution in [0.3, 0.4) is 0 Å². The molecule has 4 bridgehead atoms. The molecule has 0 spiro atoms. The highest BCUT2D eigenvalue weighted by Crippen LogP contribution is 2.65. The second-order valence-electron chi connectivity index (χ2n) is 12.5. The Labute approximate surface area is 316 Å². The van der Waals surface area contributed by atoms with Crippen LogP contribution in [0.15, 0.2) is 92.2 Å². The number of carbonyl (C=O) groups excluding carboxylic acids is 1. The van der Waals surface area contributed by atoms with Crippen LogP contribution in [0.1, 0.15) is 33.9 Å². The lowest BCUT2D eigenvalue weighted by Crippen LogP contribution is -2.38. The number of aromatic hydroxyl groups is 1. The van der Waals surface area contributed by atoms with Crippen LogP contribution in [0.5, 0.6) is 5.75 Å². The molecule has 3 aliphatic heterocycles. The van der Waals surface area contributed by atoms with Crippen molar-refractivity contribution in [1.82, 2.24) is 19.1 Å². The molecule has 298 valence electrons. The zero-order valence-corrected chi connectivity index (χ0v) is 30.9. The van der Waals surface area contributed by atoms with Crippen molar-refractivity contribution in [3.05, 3.63) is 131 Å². The molecular formula is C32H30F2N4O15P2S. The van der Waals surface area contributed by atoms with Crippen molar-refractivity contribution >= 4 is 31.8 Å². The first-order chi connectivity index (χ1) is 26.6. The molecule has 2 aromatic heterocycles. The van der Waals surface area contributed by atoms with Crippen molar-refractivity contribution in [2.45, 2.75) is 55.0 Å². The van der Waals surface area contributed by atoms with Gasteiger partial charge in [0.15, 0.2) is 30.6 Å². The molecule has 7 rings (SSSR count). The van der Waals surface area contributed by atoms with E-state index in [9.17, 15) is 43.1 Å². The molecule has 5 heterocycles. The summed E-state index contributed by atoms with van der Waals surface area (Å²) in [5, 5.41) is 9.54. The summed E-state index contributed by atoms with van der Waals surface area (Å²) in [6, 6.07) is 13.4. The molecule has 0 saturated carbocycles. The van der Waals surface area contributed by atoms with E-state index in [0.29, 0.717) is 27.1 Å². The van der Waals surface area contributed by atoms with E-state index in [1.165, 1.54) is 48.5 Å². The Balaban J connectivity index is 1.21. The first-order valence-corrected chi connectivity index (χ1v) is 21.1. The molecule has 2 aromatic carbocycles. The van der Waals surface area contributed by atoms with Crippen LogP contribution in [0.4, 0.5) is 8.78 Å². The van der Waals surface area contributed by atoms with Crippen LogP contribution >= 0.6 is 26.0 Å². The first kappa shape index (κ1) is 39.9. The largest absolute Gasteiger partial charge is 0.508 e. The molecule has 2 unspecified atom stereocenters. The van der Waals surface area contributed by atoms with Gasteiger partial charge in [0.05, 0.1) is 13.2 Å². The SMILES string of the molecule is O=C(c1ccc(O)cc1)c1ccc(CSP2(=O)OC[C@H]3O[C@@H](n4ccc(=O)[nH]c4=O)[C@H](OP(=O)(O)OC[C@H]4O[C@@H](n5ccc(=O)[nH]c5=O)[C@H](O2)[C@@H]4F)[C@@H]3F)cc1. The maximum Gasteiger partial charge on any atom is 0.472 e. The maximum absolute atomic E-state index is 16.3. The van der Waals surface area contributed by atoms with Gasteiger partial charge in [-0.25, -0.2) is 27.5 Å². The monoisotopic (exact) mass is 842 g/mol. The average Bonchev–Trinajstić information content (AvgIpc) is 3.62. The Bertz CT molecular complexity index is 2450. The minimum atomic E-state index is -5.34. The number of ketones is 1. The normalized spacial score (nSPS) is 32.1. The number of phosphoric ester groups is 1. The predicted octanol–water partition coefficient (Wildman–Crippen LogP) is 2.45. The fourth-order valence-corrected chi connectivity index (χ4v) is 10.3. The van der Waals surface area contributed by atoms with E-state index in [4.69, 9.17) is 27.6 Å². The summed E-state index contributed by atoms with van der Waals surface area (Å²) < 4.78 is 94.4. The van der Waals surface area contributed by atoms with Gasteiger partial charge in [0, 0.05) is 41.4 Å². The standard InChI is InChI=1S/C32H30F2N4O15P2S/c33-24-21-14-49-55(47,56-15-16-1-3-17(4-2-16)26(42)18-5-7-19(39)8-6-18)53-28-25(34)20(50-30(28)38-12-10-23(41)36-32(38)44)13-48-54(45,46)52-27(24)29(51-21)37-11-9-22(40)35-31(37)43/h1-12,20-21,24-25,27-30,39H,13-15H2,(H,45,46)(H,35,40,43)(H,36,41,44)/t20-,21-,24-,25-,27-,28-,29-,30-,55?/m1/s1. The summed E-state index contributed by atoms with van der Waals surface area (Å²) in [6.07, 6.45) is -14.1. The van der Waals surface area contributed by atoms with E-state index in [1.54, 1.807) is 0 Å². The zero-order chi connectivity index (χ0) is 39.9. The number of H-pyrrole nitrogens is 2. The Hall–Kier alpha value is -4.34. The Morgan fingerprint density at radius 3 is 1.75 bits per heavy atom. The summed E-state index contributed by atoms with van der Waals surface area (Å²) in [4.78, 5) is 76.3. The average molecular weight is 843 g/mol. The van der Waals surface area contributed by atoms with Gasteiger partial charge >= 0.3 is 26.0 Å². The number of hydrogen-bond acceptors (Lipinski definition) is 15. The number of benzene rings is 2. The predicted molar refractivity (Wildman–Crippen MR) is 189 cm³/mol. The fraction of sp³-hybridized carbons (Fsp3) is 0.344. The number of halogens is 2. The summed E-state index contributed by atoms with van der Waals surface area (Å²) >= 11 is 0.508. The third kappa shape index (κ3) is 8.49. The minimum absolute atomic E-state index is 0.0232. The van der Waals surface area contributed by atoms with Gasteiger partial charge in [-0.15, -0.1) is 0 Å². The molecule has 19 nitrogen and oxygen atoms in total. The summed E-state index contributed by atoms with van der Waals surface area (Å²) in [5.74, 6) is -0.554. The van der Waals surface area contributed by atoms with Crippen LogP contribution in [-0.2, 0) is 42.5 Å². The lowest BCUT2D eigenvalue weighted by molar-refractivity contribution is -0.0667. The van der Waals surface area contributed by atoms with E-state index in [-0.39, 0.29) is 22.8 Å². The van der Waals surface area contributed by atoms with Gasteiger partial charge in [0.1, 0.15) is 30.2 Å². The molecule has 3 aliphatic rings.